The molecule has 0 saturated heterocycles. The van der Waals surface area contributed by atoms with E-state index >= 15 is 0 Å². The number of aromatic amines is 1. The molecule has 21 heavy (non-hydrogen) atoms. The second-order valence-corrected chi connectivity index (χ2v) is 5.00. The third-order valence-electron chi connectivity index (χ3n) is 2.48. The number of rotatable bonds is 3. The van der Waals surface area contributed by atoms with Crippen LogP contribution in [0.4, 0.5) is 0 Å². The highest BCUT2D eigenvalue weighted by molar-refractivity contribution is 7.11. The molecule has 0 spiro atoms. The van der Waals surface area contributed by atoms with Crippen LogP contribution in [0.25, 0.3) is 0 Å². The number of carbonyl (C=O) groups excluding carboxylic acids is 1. The maximum atomic E-state index is 11.7. The van der Waals surface area contributed by atoms with Crippen LogP contribution in [0.5, 0.6) is 5.06 Å². The number of hydrogen-bond acceptors (Lipinski definition) is 7. The summed E-state index contributed by atoms with van der Waals surface area (Å²) in [6.45, 7) is 1.42. The topological polar surface area (TPSA) is 129 Å². The molecule has 0 atom stereocenters. The normalized spacial score (nSPS) is 11.4. The molecule has 9 nitrogen and oxygen atoms in total. The minimum absolute atomic E-state index is 0.0641. The third kappa shape index (κ3) is 3.23. The maximum absolute atomic E-state index is 11.7. The lowest BCUT2D eigenvalue weighted by Crippen LogP contribution is -2.25. The van der Waals surface area contributed by atoms with Gasteiger partial charge in [0.1, 0.15) is 5.56 Å². The summed E-state index contributed by atoms with van der Waals surface area (Å²) in [5, 5.41) is 16.8. The minimum Gasteiger partial charge on any atom is -0.499 e. The lowest BCUT2D eigenvalue weighted by molar-refractivity contribution is 0.0949. The molecule has 0 unspecified atom stereocenters. The van der Waals surface area contributed by atoms with Crippen LogP contribution >= 0.6 is 11.3 Å². The van der Waals surface area contributed by atoms with Gasteiger partial charge in [0.2, 0.25) is 0 Å². The summed E-state index contributed by atoms with van der Waals surface area (Å²) in [6.07, 6.45) is 1.59. The van der Waals surface area contributed by atoms with Crippen molar-refractivity contribution in [3.05, 3.63) is 43.5 Å². The van der Waals surface area contributed by atoms with Crippen molar-refractivity contribution < 1.29 is 9.90 Å². The van der Waals surface area contributed by atoms with E-state index in [2.05, 4.69) is 15.6 Å². The van der Waals surface area contributed by atoms with Crippen molar-refractivity contribution in [2.24, 2.45) is 12.1 Å². The van der Waals surface area contributed by atoms with E-state index in [0.717, 1.165) is 0 Å². The number of hydrazone groups is 1. The Morgan fingerprint density at radius 2 is 2.24 bits per heavy atom. The summed E-state index contributed by atoms with van der Waals surface area (Å²) >= 11 is 0.470. The van der Waals surface area contributed by atoms with Gasteiger partial charge in [0.25, 0.3) is 11.5 Å². The Morgan fingerprint density at radius 3 is 2.81 bits per heavy atom. The number of H-pyrrole nitrogens is 1. The van der Waals surface area contributed by atoms with Crippen molar-refractivity contribution in [2.45, 2.75) is 6.92 Å². The fraction of sp³-hybridized carbons (Fsp3) is 0.182. The molecule has 0 radical (unpaired) electrons. The Hall–Kier alpha value is -2.75. The van der Waals surface area contributed by atoms with Gasteiger partial charge in [0.15, 0.2) is 10.8 Å². The summed E-state index contributed by atoms with van der Waals surface area (Å²) in [6, 6.07) is 1.50. The van der Waals surface area contributed by atoms with Gasteiger partial charge in [0, 0.05) is 13.2 Å². The quantitative estimate of drug-likeness (QED) is 0.514. The van der Waals surface area contributed by atoms with Gasteiger partial charge in [-0.2, -0.15) is 10.2 Å². The van der Waals surface area contributed by atoms with Crippen molar-refractivity contribution in [1.82, 2.24) is 20.2 Å². The van der Waals surface area contributed by atoms with Crippen LogP contribution in [-0.2, 0) is 7.05 Å². The molecule has 110 valence electrons. The summed E-state index contributed by atoms with van der Waals surface area (Å²) in [4.78, 5) is 35.7. The number of aromatic nitrogens is 3. The molecule has 3 N–H and O–H groups in total. The highest BCUT2D eigenvalue weighted by Gasteiger charge is 2.13. The van der Waals surface area contributed by atoms with Crippen molar-refractivity contribution >= 4 is 23.0 Å². The first kappa shape index (κ1) is 14.7. The lowest BCUT2D eigenvalue weighted by atomic mass is 10.2. The monoisotopic (exact) mass is 309 g/mol. The summed E-state index contributed by atoms with van der Waals surface area (Å²) in [7, 11) is 1.66. The molecule has 0 aliphatic carbocycles. The van der Waals surface area contributed by atoms with E-state index in [1.807, 2.05) is 4.98 Å². The highest BCUT2D eigenvalue weighted by atomic mass is 32.1. The van der Waals surface area contributed by atoms with Gasteiger partial charge < -0.3 is 5.11 Å². The number of carbonyl (C=O) groups is 1. The van der Waals surface area contributed by atoms with E-state index in [0.29, 0.717) is 11.3 Å². The SMILES string of the molecule is C/C(=N/NC(=O)c1ccn(C)n1)c1c(O)sc(=O)[nH]c1=O. The highest BCUT2D eigenvalue weighted by Crippen LogP contribution is 2.14. The van der Waals surface area contributed by atoms with Crippen LogP contribution in [0.3, 0.4) is 0 Å². The standard InChI is InChI=1S/C11H11N5O4S/c1-5(7-9(18)12-11(20)21-10(7)19)13-14-8(17)6-3-4-16(2)15-6/h3-4,19H,1-2H3,(H,14,17)(H,12,18,20)/b13-5-. The second-order valence-electron chi connectivity index (χ2n) is 4.04. The molecule has 0 bridgehead atoms. The largest absolute Gasteiger partial charge is 0.499 e. The second kappa shape index (κ2) is 5.71. The first-order chi connectivity index (χ1) is 9.88. The minimum atomic E-state index is -0.774. The molecule has 2 heterocycles. The molecule has 0 aliphatic rings. The van der Waals surface area contributed by atoms with Crippen molar-refractivity contribution in [3.8, 4) is 5.06 Å². The molecule has 0 aromatic carbocycles. The number of aryl methyl sites for hydroxylation is 1. The Bertz CT molecular complexity index is 832. The molecular weight excluding hydrogens is 298 g/mol. The van der Waals surface area contributed by atoms with Gasteiger partial charge in [-0.15, -0.1) is 0 Å². The van der Waals surface area contributed by atoms with Crippen LogP contribution in [0, 0.1) is 0 Å². The lowest BCUT2D eigenvalue weighted by Gasteiger charge is -2.02. The predicted molar refractivity (Wildman–Crippen MR) is 75.8 cm³/mol. The number of amides is 1. The summed E-state index contributed by atoms with van der Waals surface area (Å²) in [5.74, 6) is -0.560. The molecule has 0 aliphatic heterocycles. The molecule has 2 aromatic heterocycles. The predicted octanol–water partition coefficient (Wildman–Crippen LogP) is -0.610. The van der Waals surface area contributed by atoms with Crippen molar-refractivity contribution in [2.75, 3.05) is 0 Å². The Labute approximate surface area is 121 Å². The average molecular weight is 309 g/mol. The van der Waals surface area contributed by atoms with Crippen LogP contribution < -0.4 is 15.9 Å². The van der Waals surface area contributed by atoms with E-state index < -0.39 is 21.4 Å². The first-order valence-corrected chi connectivity index (χ1v) is 6.51. The summed E-state index contributed by atoms with van der Waals surface area (Å²) < 4.78 is 1.46. The third-order valence-corrected chi connectivity index (χ3v) is 3.16. The fourth-order valence-electron chi connectivity index (χ4n) is 1.52. The molecule has 10 heteroatoms. The van der Waals surface area contributed by atoms with Gasteiger partial charge in [0.05, 0.1) is 5.71 Å². The van der Waals surface area contributed by atoms with Crippen LogP contribution in [0.2, 0.25) is 0 Å². The molecule has 1 amide bonds. The van der Waals surface area contributed by atoms with Crippen LogP contribution in [-0.4, -0.2) is 31.5 Å². The van der Waals surface area contributed by atoms with Crippen LogP contribution in [0.15, 0.2) is 27.0 Å². The van der Waals surface area contributed by atoms with E-state index in [9.17, 15) is 19.5 Å². The molecular formula is C11H11N5O4S. The van der Waals surface area contributed by atoms with Crippen LogP contribution in [0.1, 0.15) is 23.0 Å². The van der Waals surface area contributed by atoms with Gasteiger partial charge in [-0.1, -0.05) is 0 Å². The fourth-order valence-corrected chi connectivity index (χ4v) is 2.18. The number of hydrogen-bond donors (Lipinski definition) is 3. The number of nitrogens with zero attached hydrogens (tertiary/aromatic N) is 3. The van der Waals surface area contributed by atoms with E-state index in [-0.39, 0.29) is 17.0 Å². The maximum Gasteiger partial charge on any atom is 0.310 e. The Balaban J connectivity index is 2.24. The molecule has 2 rings (SSSR count). The summed E-state index contributed by atoms with van der Waals surface area (Å²) in [5.41, 5.74) is 1.50. The number of aromatic hydroxyl groups is 1. The first-order valence-electron chi connectivity index (χ1n) is 5.69. The zero-order chi connectivity index (χ0) is 15.6. The Kier molecular flexibility index (Phi) is 3.98. The van der Waals surface area contributed by atoms with E-state index in [1.165, 1.54) is 17.7 Å². The Morgan fingerprint density at radius 1 is 1.52 bits per heavy atom. The van der Waals surface area contributed by atoms with E-state index in [1.54, 1.807) is 13.2 Å². The number of nitrogens with one attached hydrogen (secondary N) is 2. The van der Waals surface area contributed by atoms with Crippen molar-refractivity contribution in [3.63, 3.8) is 0 Å². The molecule has 0 saturated carbocycles. The van der Waals surface area contributed by atoms with Crippen molar-refractivity contribution in [1.29, 1.82) is 0 Å². The van der Waals surface area contributed by atoms with Gasteiger partial charge in [-0.05, 0) is 24.3 Å². The smallest absolute Gasteiger partial charge is 0.310 e. The van der Waals surface area contributed by atoms with E-state index in [4.69, 9.17) is 0 Å². The average Bonchev–Trinajstić information content (AvgIpc) is 2.81. The van der Waals surface area contributed by atoms with Gasteiger partial charge >= 0.3 is 4.87 Å². The molecule has 0 fully saturated rings. The zero-order valence-corrected chi connectivity index (χ0v) is 11.9. The molecule has 2 aromatic rings. The van der Waals surface area contributed by atoms with Gasteiger partial charge in [-0.3, -0.25) is 24.0 Å². The van der Waals surface area contributed by atoms with Gasteiger partial charge in [-0.25, -0.2) is 5.43 Å². The zero-order valence-electron chi connectivity index (χ0n) is 11.1.